The van der Waals surface area contributed by atoms with Crippen molar-refractivity contribution in [1.82, 2.24) is 4.90 Å². The zero-order valence-electron chi connectivity index (χ0n) is 11.5. The van der Waals surface area contributed by atoms with Crippen LogP contribution in [0.1, 0.15) is 29.0 Å². The Hall–Kier alpha value is -2.23. The first-order valence-corrected chi connectivity index (χ1v) is 6.86. The fourth-order valence-electron chi connectivity index (χ4n) is 2.29. The van der Waals surface area contributed by atoms with Gasteiger partial charge in [-0.05, 0) is 38.0 Å². The highest BCUT2D eigenvalue weighted by Crippen LogP contribution is 2.25. The second-order valence-electron chi connectivity index (χ2n) is 5.03. The van der Waals surface area contributed by atoms with Crippen LogP contribution in [0.3, 0.4) is 0 Å². The van der Waals surface area contributed by atoms with Gasteiger partial charge in [0.15, 0.2) is 5.76 Å². The van der Waals surface area contributed by atoms with Crippen molar-refractivity contribution in [3.05, 3.63) is 47.7 Å². The molecule has 0 atom stereocenters. The van der Waals surface area contributed by atoms with Gasteiger partial charge in [0.25, 0.3) is 11.9 Å². The first kappa shape index (κ1) is 12.8. The zero-order valence-corrected chi connectivity index (χ0v) is 11.5. The van der Waals surface area contributed by atoms with Crippen LogP contribution in [0.25, 0.3) is 0 Å². The largest absolute Gasteiger partial charge is 0.426 e. The lowest BCUT2D eigenvalue weighted by atomic mass is 10.2. The van der Waals surface area contributed by atoms with Crippen molar-refractivity contribution < 1.29 is 13.9 Å². The van der Waals surface area contributed by atoms with E-state index in [2.05, 4.69) is 0 Å². The molecule has 0 saturated carbocycles. The fourth-order valence-corrected chi connectivity index (χ4v) is 2.29. The Morgan fingerprint density at radius 2 is 1.80 bits per heavy atom. The van der Waals surface area contributed by atoms with E-state index in [0.717, 1.165) is 25.9 Å². The summed E-state index contributed by atoms with van der Waals surface area (Å²) in [6.07, 6.45) is 2.14. The van der Waals surface area contributed by atoms with E-state index < -0.39 is 0 Å². The van der Waals surface area contributed by atoms with Crippen molar-refractivity contribution in [2.45, 2.75) is 19.8 Å². The van der Waals surface area contributed by atoms with E-state index >= 15 is 0 Å². The maximum absolute atomic E-state index is 12.1. The molecule has 1 aliphatic heterocycles. The Bertz CT molecular complexity index is 594. The summed E-state index contributed by atoms with van der Waals surface area (Å²) in [6.45, 7) is 3.64. The third-order valence-electron chi connectivity index (χ3n) is 3.42. The SMILES string of the molecule is Cc1ccc(Oc2ccc(C(=O)N3CCCC3)o2)cc1. The predicted octanol–water partition coefficient (Wildman–Crippen LogP) is 3.62. The lowest BCUT2D eigenvalue weighted by Crippen LogP contribution is -2.27. The van der Waals surface area contributed by atoms with Gasteiger partial charge in [0.2, 0.25) is 0 Å². The van der Waals surface area contributed by atoms with Crippen molar-refractivity contribution in [3.63, 3.8) is 0 Å². The van der Waals surface area contributed by atoms with E-state index in [4.69, 9.17) is 9.15 Å². The van der Waals surface area contributed by atoms with Crippen molar-refractivity contribution in [2.24, 2.45) is 0 Å². The molecule has 0 spiro atoms. The second kappa shape index (κ2) is 5.41. The molecular formula is C16H17NO3. The fraction of sp³-hybridized carbons (Fsp3) is 0.312. The molecule has 1 aromatic heterocycles. The zero-order chi connectivity index (χ0) is 13.9. The molecular weight excluding hydrogens is 254 g/mol. The molecule has 2 aromatic rings. The molecule has 1 amide bonds. The van der Waals surface area contributed by atoms with Gasteiger partial charge in [-0.25, -0.2) is 0 Å². The predicted molar refractivity (Wildman–Crippen MR) is 75.1 cm³/mol. The molecule has 0 bridgehead atoms. The van der Waals surface area contributed by atoms with Crippen molar-refractivity contribution in [1.29, 1.82) is 0 Å². The van der Waals surface area contributed by atoms with Crippen LogP contribution < -0.4 is 4.74 Å². The lowest BCUT2D eigenvalue weighted by molar-refractivity contribution is 0.0756. The Morgan fingerprint density at radius 1 is 1.10 bits per heavy atom. The van der Waals surface area contributed by atoms with Crippen molar-refractivity contribution in [2.75, 3.05) is 13.1 Å². The van der Waals surface area contributed by atoms with E-state index in [0.29, 0.717) is 17.5 Å². The Kier molecular flexibility index (Phi) is 3.46. The molecule has 2 heterocycles. The van der Waals surface area contributed by atoms with E-state index in [1.165, 1.54) is 5.56 Å². The van der Waals surface area contributed by atoms with Crippen LogP contribution >= 0.6 is 0 Å². The van der Waals surface area contributed by atoms with Gasteiger partial charge in [0.05, 0.1) is 0 Å². The molecule has 0 aliphatic carbocycles. The van der Waals surface area contributed by atoms with Gasteiger partial charge in [-0.1, -0.05) is 17.7 Å². The van der Waals surface area contributed by atoms with Gasteiger partial charge in [-0.3, -0.25) is 4.79 Å². The number of likely N-dealkylation sites (tertiary alicyclic amines) is 1. The number of hydrogen-bond acceptors (Lipinski definition) is 3. The number of hydrogen-bond donors (Lipinski definition) is 0. The van der Waals surface area contributed by atoms with Gasteiger partial charge < -0.3 is 14.1 Å². The minimum atomic E-state index is -0.0544. The number of ether oxygens (including phenoxy) is 1. The number of aryl methyl sites for hydroxylation is 1. The number of benzene rings is 1. The summed E-state index contributed by atoms with van der Waals surface area (Å²) < 4.78 is 11.1. The average molecular weight is 271 g/mol. The van der Waals surface area contributed by atoms with Crippen LogP contribution in [-0.4, -0.2) is 23.9 Å². The molecule has 4 heteroatoms. The van der Waals surface area contributed by atoms with Crippen LogP contribution in [0.15, 0.2) is 40.8 Å². The Morgan fingerprint density at radius 3 is 2.50 bits per heavy atom. The Labute approximate surface area is 118 Å². The number of amides is 1. The van der Waals surface area contributed by atoms with Crippen molar-refractivity contribution in [3.8, 4) is 11.7 Å². The molecule has 1 aromatic carbocycles. The summed E-state index contributed by atoms with van der Waals surface area (Å²) in [5.74, 6) is 1.33. The molecule has 1 fully saturated rings. The van der Waals surface area contributed by atoms with Crippen LogP contribution in [0.4, 0.5) is 0 Å². The number of nitrogens with zero attached hydrogens (tertiary/aromatic N) is 1. The maximum atomic E-state index is 12.1. The topological polar surface area (TPSA) is 42.7 Å². The second-order valence-corrected chi connectivity index (χ2v) is 5.03. The van der Waals surface area contributed by atoms with Crippen molar-refractivity contribution >= 4 is 5.91 Å². The summed E-state index contributed by atoms with van der Waals surface area (Å²) in [5.41, 5.74) is 1.17. The average Bonchev–Trinajstić information content (AvgIpc) is 3.12. The molecule has 4 nitrogen and oxygen atoms in total. The summed E-state index contributed by atoms with van der Waals surface area (Å²) in [7, 11) is 0. The normalized spacial score (nSPS) is 14.6. The third kappa shape index (κ3) is 2.69. The summed E-state index contributed by atoms with van der Waals surface area (Å²) in [5, 5.41) is 0. The summed E-state index contributed by atoms with van der Waals surface area (Å²) in [4.78, 5) is 13.9. The molecule has 0 radical (unpaired) electrons. The molecule has 3 rings (SSSR count). The Balaban J connectivity index is 1.70. The summed E-state index contributed by atoms with van der Waals surface area (Å²) >= 11 is 0. The minimum absolute atomic E-state index is 0.0544. The number of rotatable bonds is 3. The van der Waals surface area contributed by atoms with Crippen LogP contribution in [0.2, 0.25) is 0 Å². The van der Waals surface area contributed by atoms with Gasteiger partial charge in [-0.15, -0.1) is 0 Å². The number of furan rings is 1. The quantitative estimate of drug-likeness (QED) is 0.856. The van der Waals surface area contributed by atoms with E-state index in [1.807, 2.05) is 36.1 Å². The van der Waals surface area contributed by atoms with Crippen LogP contribution in [0.5, 0.6) is 11.7 Å². The van der Waals surface area contributed by atoms with Gasteiger partial charge in [0.1, 0.15) is 5.75 Å². The molecule has 0 unspecified atom stereocenters. The van der Waals surface area contributed by atoms with E-state index in [1.54, 1.807) is 12.1 Å². The first-order valence-electron chi connectivity index (χ1n) is 6.86. The smallest absolute Gasteiger partial charge is 0.290 e. The number of carbonyl (C=O) groups is 1. The molecule has 0 N–H and O–H groups in total. The number of carbonyl (C=O) groups excluding carboxylic acids is 1. The van der Waals surface area contributed by atoms with E-state index in [-0.39, 0.29) is 5.91 Å². The molecule has 1 aliphatic rings. The van der Waals surface area contributed by atoms with E-state index in [9.17, 15) is 4.79 Å². The maximum Gasteiger partial charge on any atom is 0.290 e. The van der Waals surface area contributed by atoms with Crippen LogP contribution in [-0.2, 0) is 0 Å². The van der Waals surface area contributed by atoms with Gasteiger partial charge in [0, 0.05) is 19.2 Å². The monoisotopic (exact) mass is 271 g/mol. The highest BCUT2D eigenvalue weighted by atomic mass is 16.6. The van der Waals surface area contributed by atoms with Crippen LogP contribution in [0, 0.1) is 6.92 Å². The standard InChI is InChI=1S/C16H17NO3/c1-12-4-6-13(7-5-12)19-15-9-8-14(20-15)16(18)17-10-2-3-11-17/h4-9H,2-3,10-11H2,1H3. The molecule has 20 heavy (non-hydrogen) atoms. The van der Waals surface area contributed by atoms with Gasteiger partial charge >= 0.3 is 0 Å². The third-order valence-corrected chi connectivity index (χ3v) is 3.42. The highest BCUT2D eigenvalue weighted by molar-refractivity contribution is 5.91. The lowest BCUT2D eigenvalue weighted by Gasteiger charge is -2.12. The molecule has 104 valence electrons. The molecule has 1 saturated heterocycles. The first-order chi connectivity index (χ1) is 9.72. The highest BCUT2D eigenvalue weighted by Gasteiger charge is 2.22. The summed E-state index contributed by atoms with van der Waals surface area (Å²) in [6, 6.07) is 11.0. The minimum Gasteiger partial charge on any atom is -0.426 e. The van der Waals surface area contributed by atoms with Gasteiger partial charge in [-0.2, -0.15) is 0 Å².